The van der Waals surface area contributed by atoms with Crippen molar-refractivity contribution >= 4 is 23.2 Å². The molecule has 0 bridgehead atoms. The summed E-state index contributed by atoms with van der Waals surface area (Å²) in [5, 5.41) is 10.6. The highest BCUT2D eigenvalue weighted by molar-refractivity contribution is 6.37. The molecule has 124 valence electrons. The highest BCUT2D eigenvalue weighted by Crippen LogP contribution is 2.32. The van der Waals surface area contributed by atoms with Gasteiger partial charge in [0.15, 0.2) is 5.75 Å². The summed E-state index contributed by atoms with van der Waals surface area (Å²) in [6, 6.07) is 5.80. The third kappa shape index (κ3) is 5.00. The first-order valence-corrected chi connectivity index (χ1v) is 8.44. The molecule has 1 aromatic carbocycles. The van der Waals surface area contributed by atoms with Gasteiger partial charge in [-0.25, -0.2) is 0 Å². The van der Waals surface area contributed by atoms with Crippen LogP contribution in [0.3, 0.4) is 0 Å². The van der Waals surface area contributed by atoms with Gasteiger partial charge >= 0.3 is 0 Å². The molecular weight excluding hydrogens is 323 g/mol. The fraction of sp³-hybridized carbons (Fsp3) is 0.625. The molecule has 2 rings (SSSR count). The molecule has 1 aromatic rings. The lowest BCUT2D eigenvalue weighted by molar-refractivity contribution is 0.0405. The second kappa shape index (κ2) is 8.37. The number of rotatable bonds is 6. The van der Waals surface area contributed by atoms with Crippen LogP contribution in [0, 0.1) is 0 Å². The van der Waals surface area contributed by atoms with Crippen molar-refractivity contribution in [2.24, 2.45) is 0 Å². The number of nitrogens with zero attached hydrogens (tertiary/aromatic N) is 2. The number of hydrogen-bond acceptors (Lipinski definition) is 4. The van der Waals surface area contributed by atoms with E-state index >= 15 is 0 Å². The van der Waals surface area contributed by atoms with Crippen LogP contribution < -0.4 is 4.74 Å². The molecular formula is C16H24Cl2N2O2. The minimum Gasteiger partial charge on any atom is -0.489 e. The van der Waals surface area contributed by atoms with Gasteiger partial charge in [-0.15, -0.1) is 0 Å². The highest BCUT2D eigenvalue weighted by Gasteiger charge is 2.24. The Kier molecular flexibility index (Phi) is 6.78. The summed E-state index contributed by atoms with van der Waals surface area (Å²) in [6.45, 7) is 9.10. The summed E-state index contributed by atoms with van der Waals surface area (Å²) in [5.41, 5.74) is 0. The van der Waals surface area contributed by atoms with E-state index in [1.165, 1.54) is 0 Å². The fourth-order valence-electron chi connectivity index (χ4n) is 2.78. The van der Waals surface area contributed by atoms with Gasteiger partial charge in [-0.3, -0.25) is 9.80 Å². The predicted molar refractivity (Wildman–Crippen MR) is 91.1 cm³/mol. The molecule has 1 heterocycles. The van der Waals surface area contributed by atoms with Crippen molar-refractivity contribution in [1.82, 2.24) is 9.80 Å². The molecule has 6 heteroatoms. The molecule has 4 nitrogen and oxygen atoms in total. The van der Waals surface area contributed by atoms with Crippen LogP contribution in [0.25, 0.3) is 0 Å². The van der Waals surface area contributed by atoms with E-state index in [4.69, 9.17) is 27.9 Å². The zero-order valence-corrected chi connectivity index (χ0v) is 14.6. The summed E-state index contributed by atoms with van der Waals surface area (Å²) in [6.07, 6.45) is -0.278. The van der Waals surface area contributed by atoms with E-state index in [0.29, 0.717) is 28.4 Å². The van der Waals surface area contributed by atoms with Crippen molar-refractivity contribution in [1.29, 1.82) is 0 Å². The first-order valence-electron chi connectivity index (χ1n) is 7.68. The molecule has 1 N–H and O–H groups in total. The number of β-amino-alcohol motifs (C(OH)–C–C–N with tert-alkyl or cyclic N) is 1. The molecule has 22 heavy (non-hydrogen) atoms. The topological polar surface area (TPSA) is 35.9 Å². The molecule has 1 fully saturated rings. The van der Waals surface area contributed by atoms with Crippen LogP contribution in [-0.2, 0) is 0 Å². The number of ether oxygens (including phenoxy) is 1. The Morgan fingerprint density at radius 3 is 2.59 bits per heavy atom. The quantitative estimate of drug-likeness (QED) is 0.859. The maximum atomic E-state index is 9.51. The van der Waals surface area contributed by atoms with Crippen LogP contribution in [0.5, 0.6) is 5.75 Å². The number of hydrogen-bond donors (Lipinski definition) is 1. The van der Waals surface area contributed by atoms with Crippen LogP contribution in [0.1, 0.15) is 13.8 Å². The maximum Gasteiger partial charge on any atom is 0.156 e. The fourth-order valence-corrected chi connectivity index (χ4v) is 3.29. The second-order valence-corrected chi connectivity index (χ2v) is 6.71. The van der Waals surface area contributed by atoms with E-state index < -0.39 is 0 Å². The normalized spacial score (nSPS) is 21.8. The maximum absolute atomic E-state index is 9.51. The van der Waals surface area contributed by atoms with Gasteiger partial charge in [-0.1, -0.05) is 29.3 Å². The van der Waals surface area contributed by atoms with Gasteiger partial charge in [0.1, 0.15) is 6.61 Å². The van der Waals surface area contributed by atoms with Crippen molar-refractivity contribution in [2.45, 2.75) is 26.0 Å². The van der Waals surface area contributed by atoms with Crippen molar-refractivity contribution in [2.75, 3.05) is 39.3 Å². The van der Waals surface area contributed by atoms with Crippen LogP contribution in [0.15, 0.2) is 18.2 Å². The largest absolute Gasteiger partial charge is 0.489 e. The predicted octanol–water partition coefficient (Wildman–Crippen LogP) is 2.76. The van der Waals surface area contributed by atoms with E-state index in [1.54, 1.807) is 18.2 Å². The highest BCUT2D eigenvalue weighted by atomic mass is 35.5. The van der Waals surface area contributed by atoms with E-state index in [2.05, 4.69) is 16.7 Å². The lowest BCUT2D eigenvalue weighted by Gasteiger charge is -2.40. The monoisotopic (exact) mass is 346 g/mol. The van der Waals surface area contributed by atoms with E-state index in [1.807, 2.05) is 6.92 Å². The molecule has 1 aliphatic rings. The lowest BCUT2D eigenvalue weighted by atomic mass is 10.1. The van der Waals surface area contributed by atoms with Gasteiger partial charge in [-0.05, 0) is 26.0 Å². The summed E-state index contributed by atoms with van der Waals surface area (Å²) in [5.74, 6) is 0.562. The number of piperazine rings is 1. The number of halogens is 2. The van der Waals surface area contributed by atoms with Crippen molar-refractivity contribution < 1.29 is 9.84 Å². The van der Waals surface area contributed by atoms with Gasteiger partial charge in [0, 0.05) is 38.8 Å². The summed E-state index contributed by atoms with van der Waals surface area (Å²) >= 11 is 12.2. The molecule has 0 unspecified atom stereocenters. The summed E-state index contributed by atoms with van der Waals surface area (Å²) < 4.78 is 5.74. The minimum atomic E-state index is -0.278. The third-order valence-electron chi connectivity index (χ3n) is 3.92. The Balaban J connectivity index is 1.77. The average molecular weight is 347 g/mol. The van der Waals surface area contributed by atoms with Gasteiger partial charge in [0.05, 0.1) is 16.1 Å². The Labute approximate surface area is 142 Å². The molecule has 0 saturated carbocycles. The molecule has 0 aliphatic carbocycles. The van der Waals surface area contributed by atoms with Gasteiger partial charge < -0.3 is 9.84 Å². The van der Waals surface area contributed by atoms with Gasteiger partial charge in [0.25, 0.3) is 0 Å². The van der Waals surface area contributed by atoms with Crippen LogP contribution in [-0.4, -0.2) is 66.4 Å². The number of aliphatic hydroxyl groups is 1. The number of para-hydroxylation sites is 1. The summed E-state index contributed by atoms with van der Waals surface area (Å²) in [7, 11) is 0. The third-order valence-corrected chi connectivity index (χ3v) is 4.52. The smallest absolute Gasteiger partial charge is 0.156 e. The van der Waals surface area contributed by atoms with Gasteiger partial charge in [0.2, 0.25) is 0 Å². The van der Waals surface area contributed by atoms with E-state index in [9.17, 15) is 5.11 Å². The van der Waals surface area contributed by atoms with Crippen molar-refractivity contribution in [3.05, 3.63) is 28.2 Å². The van der Waals surface area contributed by atoms with Crippen LogP contribution in [0.4, 0.5) is 0 Å². The second-order valence-electron chi connectivity index (χ2n) is 5.89. The zero-order valence-electron chi connectivity index (χ0n) is 13.1. The molecule has 0 amide bonds. The lowest BCUT2D eigenvalue weighted by Crippen LogP contribution is -2.54. The SMILES string of the molecule is C[C@@H]1CN(CCOc2c(Cl)cccc2Cl)CCN1C[C@@H](C)O. The van der Waals surface area contributed by atoms with E-state index in [0.717, 1.165) is 32.7 Å². The van der Waals surface area contributed by atoms with Gasteiger partial charge in [-0.2, -0.15) is 0 Å². The van der Waals surface area contributed by atoms with E-state index in [-0.39, 0.29) is 6.10 Å². The molecule has 1 aliphatic heterocycles. The molecule has 1 saturated heterocycles. The molecule has 0 radical (unpaired) electrons. The minimum absolute atomic E-state index is 0.278. The van der Waals surface area contributed by atoms with Crippen LogP contribution >= 0.6 is 23.2 Å². The Bertz CT molecular complexity index is 465. The van der Waals surface area contributed by atoms with Crippen LogP contribution in [0.2, 0.25) is 10.0 Å². The van der Waals surface area contributed by atoms with Crippen molar-refractivity contribution in [3.8, 4) is 5.75 Å². The average Bonchev–Trinajstić information content (AvgIpc) is 2.44. The zero-order chi connectivity index (χ0) is 16.1. The summed E-state index contributed by atoms with van der Waals surface area (Å²) in [4.78, 5) is 4.70. The Hall–Kier alpha value is -0.520. The first kappa shape index (κ1) is 17.8. The Morgan fingerprint density at radius 1 is 1.32 bits per heavy atom. The molecule has 0 aromatic heterocycles. The Morgan fingerprint density at radius 2 is 2.00 bits per heavy atom. The number of benzene rings is 1. The molecule has 0 spiro atoms. The number of aliphatic hydroxyl groups excluding tert-OH is 1. The first-order chi connectivity index (χ1) is 10.5. The standard InChI is InChI=1S/C16H24Cl2N2O2/c1-12-10-19(6-7-20(12)11-13(2)21)8-9-22-16-14(17)4-3-5-15(16)18/h3-5,12-13,21H,6-11H2,1-2H3/t12-,13-/m1/s1. The van der Waals surface area contributed by atoms with Crippen molar-refractivity contribution in [3.63, 3.8) is 0 Å². The molecule has 2 atom stereocenters.